The van der Waals surface area contributed by atoms with Crippen LogP contribution in [0.25, 0.3) is 0 Å². The Morgan fingerprint density at radius 1 is 1.50 bits per heavy atom. The van der Waals surface area contributed by atoms with Crippen LogP contribution in [-0.2, 0) is 9.53 Å². The van der Waals surface area contributed by atoms with Gasteiger partial charge in [0.25, 0.3) is 5.91 Å². The topological polar surface area (TPSA) is 76.1 Å². The first-order valence-corrected chi connectivity index (χ1v) is 8.38. The maximum Gasteiger partial charge on any atom is 0.311 e. The van der Waals surface area contributed by atoms with Crippen molar-refractivity contribution in [2.24, 2.45) is 11.3 Å². The van der Waals surface area contributed by atoms with Gasteiger partial charge in [0.1, 0.15) is 5.75 Å². The first-order chi connectivity index (χ1) is 11.5. The molecule has 1 N–H and O–H groups in total. The molecule has 2 aliphatic heterocycles. The lowest BCUT2D eigenvalue weighted by atomic mass is 9.74. The number of halogens is 1. The van der Waals surface area contributed by atoms with Crippen LogP contribution in [0.2, 0.25) is 5.02 Å². The number of carbonyl (C=O) groups is 2. The minimum absolute atomic E-state index is 0.185. The van der Waals surface area contributed by atoms with Crippen LogP contribution in [0.15, 0.2) is 18.2 Å². The second-order valence-corrected chi connectivity index (χ2v) is 6.68. The number of fused-ring (bicyclic) bond motifs is 1. The molecule has 1 aromatic carbocycles. The van der Waals surface area contributed by atoms with E-state index in [1.165, 1.54) is 0 Å². The van der Waals surface area contributed by atoms with Gasteiger partial charge in [-0.2, -0.15) is 0 Å². The van der Waals surface area contributed by atoms with E-state index in [1.807, 2.05) is 6.92 Å². The third-order valence-electron chi connectivity index (χ3n) is 4.89. The molecule has 0 aliphatic carbocycles. The SMILES string of the molecule is CCOc1cc(Cl)ccc1C(=O)N1C[C@H]2COCC[C@@]2(C(=O)O)C1. The summed E-state index contributed by atoms with van der Waals surface area (Å²) >= 11 is 5.98. The number of aliphatic carboxylic acids is 1. The van der Waals surface area contributed by atoms with Gasteiger partial charge < -0.3 is 19.5 Å². The highest BCUT2D eigenvalue weighted by Gasteiger charge is 2.55. The van der Waals surface area contributed by atoms with Crippen LogP contribution < -0.4 is 4.74 Å². The summed E-state index contributed by atoms with van der Waals surface area (Å²) in [6.45, 7) is 3.60. The number of carbonyl (C=O) groups excluding carboxylic acids is 1. The summed E-state index contributed by atoms with van der Waals surface area (Å²) in [5, 5.41) is 10.2. The molecular weight excluding hydrogens is 334 g/mol. The standard InChI is InChI=1S/C17H20ClNO5/c1-2-24-14-7-12(18)3-4-13(14)15(20)19-8-11-9-23-6-5-17(11,10-19)16(21)22/h3-4,7,11H,2,5-6,8-10H2,1H3,(H,21,22)/t11-,17+/m0/s1. The van der Waals surface area contributed by atoms with E-state index in [2.05, 4.69) is 0 Å². The first kappa shape index (κ1) is 17.0. The van der Waals surface area contributed by atoms with Crippen LogP contribution in [0.5, 0.6) is 5.75 Å². The van der Waals surface area contributed by atoms with Crippen LogP contribution in [-0.4, -0.2) is 54.8 Å². The molecule has 0 unspecified atom stereocenters. The highest BCUT2D eigenvalue weighted by Crippen LogP contribution is 2.43. The molecule has 0 bridgehead atoms. The molecule has 130 valence electrons. The molecule has 2 heterocycles. The number of carboxylic acids is 1. The average molecular weight is 354 g/mol. The highest BCUT2D eigenvalue weighted by atomic mass is 35.5. The smallest absolute Gasteiger partial charge is 0.311 e. The summed E-state index contributed by atoms with van der Waals surface area (Å²) in [6.07, 6.45) is 0.426. The molecule has 0 radical (unpaired) electrons. The van der Waals surface area contributed by atoms with Crippen LogP contribution in [0.1, 0.15) is 23.7 Å². The highest BCUT2D eigenvalue weighted by molar-refractivity contribution is 6.30. The number of nitrogens with zero attached hydrogens (tertiary/aromatic N) is 1. The minimum Gasteiger partial charge on any atom is -0.493 e. The molecular formula is C17H20ClNO5. The fourth-order valence-electron chi connectivity index (χ4n) is 3.57. The van der Waals surface area contributed by atoms with E-state index in [-0.39, 0.29) is 18.4 Å². The zero-order valence-electron chi connectivity index (χ0n) is 13.5. The van der Waals surface area contributed by atoms with Crippen LogP contribution in [0.3, 0.4) is 0 Å². The molecule has 2 atom stereocenters. The van der Waals surface area contributed by atoms with Gasteiger partial charge in [0.2, 0.25) is 0 Å². The van der Waals surface area contributed by atoms with Crippen LogP contribution in [0, 0.1) is 11.3 Å². The molecule has 0 spiro atoms. The summed E-state index contributed by atoms with van der Waals surface area (Å²) in [6, 6.07) is 4.87. The van der Waals surface area contributed by atoms with Crippen molar-refractivity contribution in [3.05, 3.63) is 28.8 Å². The largest absolute Gasteiger partial charge is 0.493 e. The van der Waals surface area contributed by atoms with Gasteiger partial charge in [0.15, 0.2) is 0 Å². The van der Waals surface area contributed by atoms with Crippen molar-refractivity contribution in [2.45, 2.75) is 13.3 Å². The zero-order chi connectivity index (χ0) is 17.3. The average Bonchev–Trinajstić information content (AvgIpc) is 2.96. The lowest BCUT2D eigenvalue weighted by Crippen LogP contribution is -2.45. The number of carboxylic acid groups (broad SMARTS) is 1. The fraction of sp³-hybridized carbons (Fsp3) is 0.529. The third-order valence-corrected chi connectivity index (χ3v) is 5.13. The van der Waals surface area contributed by atoms with Crippen molar-refractivity contribution in [1.29, 1.82) is 0 Å². The number of hydrogen-bond donors (Lipinski definition) is 1. The Morgan fingerprint density at radius 3 is 2.96 bits per heavy atom. The Hall–Kier alpha value is -1.79. The molecule has 3 rings (SSSR count). The van der Waals surface area contributed by atoms with Gasteiger partial charge in [-0.05, 0) is 31.5 Å². The van der Waals surface area contributed by atoms with Gasteiger partial charge in [-0.1, -0.05) is 11.6 Å². The fourth-order valence-corrected chi connectivity index (χ4v) is 3.73. The first-order valence-electron chi connectivity index (χ1n) is 8.00. The summed E-state index contributed by atoms with van der Waals surface area (Å²) in [5.74, 6) is -0.849. The zero-order valence-corrected chi connectivity index (χ0v) is 14.2. The lowest BCUT2D eigenvalue weighted by Gasteiger charge is -2.33. The molecule has 2 saturated heterocycles. The maximum absolute atomic E-state index is 12.9. The van der Waals surface area contributed by atoms with E-state index in [4.69, 9.17) is 21.1 Å². The van der Waals surface area contributed by atoms with Crippen molar-refractivity contribution in [2.75, 3.05) is 32.9 Å². The molecule has 0 aromatic heterocycles. The van der Waals surface area contributed by atoms with E-state index < -0.39 is 11.4 Å². The minimum atomic E-state index is -0.911. The molecule has 2 aliphatic rings. The monoisotopic (exact) mass is 353 g/mol. The van der Waals surface area contributed by atoms with Crippen molar-refractivity contribution in [3.8, 4) is 5.75 Å². The quantitative estimate of drug-likeness (QED) is 0.898. The van der Waals surface area contributed by atoms with E-state index >= 15 is 0 Å². The van der Waals surface area contributed by atoms with Gasteiger partial charge in [0, 0.05) is 30.6 Å². The van der Waals surface area contributed by atoms with Gasteiger partial charge in [-0.3, -0.25) is 9.59 Å². The van der Waals surface area contributed by atoms with E-state index in [0.717, 1.165) is 0 Å². The summed E-state index contributed by atoms with van der Waals surface area (Å²) in [5.41, 5.74) is -0.507. The van der Waals surface area contributed by atoms with Crippen LogP contribution in [0.4, 0.5) is 0 Å². The molecule has 1 amide bonds. The Kier molecular flexibility index (Phi) is 4.69. The molecule has 6 nitrogen and oxygen atoms in total. The summed E-state index contributed by atoms with van der Waals surface area (Å²) in [7, 11) is 0. The Bertz CT molecular complexity index is 664. The van der Waals surface area contributed by atoms with E-state index in [1.54, 1.807) is 23.1 Å². The van der Waals surface area contributed by atoms with Crippen molar-refractivity contribution >= 4 is 23.5 Å². The number of amides is 1. The lowest BCUT2D eigenvalue weighted by molar-refractivity contribution is -0.157. The maximum atomic E-state index is 12.9. The molecule has 7 heteroatoms. The van der Waals surface area contributed by atoms with Gasteiger partial charge >= 0.3 is 5.97 Å². The van der Waals surface area contributed by atoms with Gasteiger partial charge in [0.05, 0.1) is 24.2 Å². The predicted molar refractivity (Wildman–Crippen MR) is 87.5 cm³/mol. The molecule has 1 aromatic rings. The predicted octanol–water partition coefficient (Wildman–Crippen LogP) is 2.30. The number of rotatable bonds is 4. The van der Waals surface area contributed by atoms with Crippen molar-refractivity contribution < 1.29 is 24.2 Å². The van der Waals surface area contributed by atoms with Gasteiger partial charge in [-0.25, -0.2) is 0 Å². The Balaban J connectivity index is 1.88. The third kappa shape index (κ3) is 2.84. The molecule has 0 saturated carbocycles. The van der Waals surface area contributed by atoms with E-state index in [0.29, 0.717) is 49.1 Å². The van der Waals surface area contributed by atoms with Crippen LogP contribution >= 0.6 is 11.6 Å². The number of benzene rings is 1. The summed E-state index contributed by atoms with van der Waals surface area (Å²) < 4.78 is 10.9. The van der Waals surface area contributed by atoms with Crippen molar-refractivity contribution in [3.63, 3.8) is 0 Å². The number of hydrogen-bond acceptors (Lipinski definition) is 4. The Morgan fingerprint density at radius 2 is 2.29 bits per heavy atom. The second-order valence-electron chi connectivity index (χ2n) is 6.24. The number of likely N-dealkylation sites (tertiary alicyclic amines) is 1. The van der Waals surface area contributed by atoms with Crippen molar-refractivity contribution in [1.82, 2.24) is 4.90 Å². The second kappa shape index (κ2) is 6.61. The molecule has 2 fully saturated rings. The normalized spacial score (nSPS) is 26.1. The van der Waals surface area contributed by atoms with E-state index in [9.17, 15) is 14.7 Å². The molecule has 24 heavy (non-hydrogen) atoms. The van der Waals surface area contributed by atoms with Gasteiger partial charge in [-0.15, -0.1) is 0 Å². The Labute approximate surface area is 145 Å². The summed E-state index contributed by atoms with van der Waals surface area (Å²) in [4.78, 5) is 26.4. The number of ether oxygens (including phenoxy) is 2.